The molecule has 0 aromatic heterocycles. The van der Waals surface area contributed by atoms with Crippen LogP contribution in [0.15, 0.2) is 72.8 Å². The summed E-state index contributed by atoms with van der Waals surface area (Å²) in [7, 11) is 0. The molecule has 0 heterocycles. The predicted molar refractivity (Wildman–Crippen MR) is 125 cm³/mol. The SMILES string of the molecule is Cc1cc(C)cc(CN(CCCN)C(=O)c2ccccc2CCc2ccccc2)c1. The van der Waals surface area contributed by atoms with Crippen LogP contribution in [0.3, 0.4) is 0 Å². The molecule has 0 unspecified atom stereocenters. The van der Waals surface area contributed by atoms with Crippen molar-refractivity contribution in [2.75, 3.05) is 13.1 Å². The summed E-state index contributed by atoms with van der Waals surface area (Å²) < 4.78 is 0. The summed E-state index contributed by atoms with van der Waals surface area (Å²) in [5, 5.41) is 0. The van der Waals surface area contributed by atoms with Crippen LogP contribution in [0, 0.1) is 13.8 Å². The highest BCUT2D eigenvalue weighted by atomic mass is 16.2. The molecule has 3 nitrogen and oxygen atoms in total. The van der Waals surface area contributed by atoms with E-state index in [4.69, 9.17) is 5.73 Å². The molecule has 156 valence electrons. The molecule has 3 aromatic carbocycles. The minimum atomic E-state index is 0.0891. The van der Waals surface area contributed by atoms with E-state index in [0.29, 0.717) is 19.6 Å². The van der Waals surface area contributed by atoms with Crippen molar-refractivity contribution in [1.82, 2.24) is 4.90 Å². The van der Waals surface area contributed by atoms with Gasteiger partial charge in [-0.2, -0.15) is 0 Å². The number of benzene rings is 3. The fourth-order valence-corrected chi connectivity index (χ4v) is 3.96. The van der Waals surface area contributed by atoms with E-state index in [-0.39, 0.29) is 5.91 Å². The number of carbonyl (C=O) groups excluding carboxylic acids is 1. The van der Waals surface area contributed by atoms with Crippen molar-refractivity contribution in [3.63, 3.8) is 0 Å². The molecule has 1 amide bonds. The topological polar surface area (TPSA) is 46.3 Å². The van der Waals surface area contributed by atoms with Crippen molar-refractivity contribution < 1.29 is 4.79 Å². The van der Waals surface area contributed by atoms with Crippen LogP contribution in [0.1, 0.15) is 44.6 Å². The predicted octanol–water partition coefficient (Wildman–Crippen LogP) is 5.08. The first-order chi connectivity index (χ1) is 14.6. The van der Waals surface area contributed by atoms with E-state index < -0.39 is 0 Å². The Bertz CT molecular complexity index is 945. The highest BCUT2D eigenvalue weighted by molar-refractivity contribution is 5.95. The van der Waals surface area contributed by atoms with Gasteiger partial charge in [0.1, 0.15) is 0 Å². The zero-order chi connectivity index (χ0) is 21.3. The van der Waals surface area contributed by atoms with E-state index in [1.165, 1.54) is 22.3 Å². The molecule has 0 aliphatic carbocycles. The van der Waals surface area contributed by atoms with Crippen molar-refractivity contribution in [3.8, 4) is 0 Å². The standard InChI is InChI=1S/C27H32N2O/c1-21-17-22(2)19-24(18-21)20-29(16-8-15-28)27(30)26-12-7-6-11-25(26)14-13-23-9-4-3-5-10-23/h3-7,9-12,17-19H,8,13-16,20,28H2,1-2H3. The quantitative estimate of drug-likeness (QED) is 0.544. The number of aryl methyl sites for hydroxylation is 4. The zero-order valence-corrected chi connectivity index (χ0v) is 18.1. The highest BCUT2D eigenvalue weighted by Crippen LogP contribution is 2.18. The van der Waals surface area contributed by atoms with Gasteiger partial charge in [0.2, 0.25) is 0 Å². The van der Waals surface area contributed by atoms with Gasteiger partial charge >= 0.3 is 0 Å². The first-order valence-electron chi connectivity index (χ1n) is 10.7. The molecular formula is C27H32N2O. The zero-order valence-electron chi connectivity index (χ0n) is 18.1. The van der Waals surface area contributed by atoms with Gasteiger partial charge in [0.05, 0.1) is 0 Å². The Kier molecular flexibility index (Phi) is 7.81. The summed E-state index contributed by atoms with van der Waals surface area (Å²) in [5.74, 6) is 0.0891. The first kappa shape index (κ1) is 21.8. The molecule has 0 saturated heterocycles. The summed E-state index contributed by atoms with van der Waals surface area (Å²) in [6.45, 7) is 6.04. The molecule has 0 bridgehead atoms. The highest BCUT2D eigenvalue weighted by Gasteiger charge is 2.19. The number of amides is 1. The number of rotatable bonds is 9. The molecule has 0 spiro atoms. The molecule has 3 rings (SSSR count). The lowest BCUT2D eigenvalue weighted by Crippen LogP contribution is -2.33. The fraction of sp³-hybridized carbons (Fsp3) is 0.296. The fourth-order valence-electron chi connectivity index (χ4n) is 3.96. The summed E-state index contributed by atoms with van der Waals surface area (Å²) >= 11 is 0. The van der Waals surface area contributed by atoms with Gasteiger partial charge in [-0.25, -0.2) is 0 Å². The molecular weight excluding hydrogens is 368 g/mol. The summed E-state index contributed by atoms with van der Waals surface area (Å²) in [6.07, 6.45) is 2.56. The monoisotopic (exact) mass is 400 g/mol. The van der Waals surface area contributed by atoms with Crippen LogP contribution in [-0.2, 0) is 19.4 Å². The van der Waals surface area contributed by atoms with Crippen LogP contribution in [0.5, 0.6) is 0 Å². The summed E-state index contributed by atoms with van der Waals surface area (Å²) in [4.78, 5) is 15.5. The Balaban J connectivity index is 1.81. The average Bonchev–Trinajstić information content (AvgIpc) is 2.75. The van der Waals surface area contributed by atoms with Crippen molar-refractivity contribution in [2.45, 2.75) is 39.7 Å². The third-order valence-electron chi connectivity index (χ3n) is 5.35. The van der Waals surface area contributed by atoms with Gasteiger partial charge in [-0.3, -0.25) is 4.79 Å². The van der Waals surface area contributed by atoms with Crippen LogP contribution in [0.25, 0.3) is 0 Å². The lowest BCUT2D eigenvalue weighted by molar-refractivity contribution is 0.0741. The van der Waals surface area contributed by atoms with Crippen LogP contribution >= 0.6 is 0 Å². The van der Waals surface area contributed by atoms with E-state index >= 15 is 0 Å². The number of carbonyl (C=O) groups is 1. The first-order valence-corrected chi connectivity index (χ1v) is 10.7. The molecule has 0 aliphatic heterocycles. The Morgan fingerprint density at radius 1 is 0.833 bits per heavy atom. The largest absolute Gasteiger partial charge is 0.334 e. The van der Waals surface area contributed by atoms with Crippen LogP contribution in [-0.4, -0.2) is 23.9 Å². The lowest BCUT2D eigenvalue weighted by Gasteiger charge is -2.24. The van der Waals surface area contributed by atoms with Gasteiger partial charge in [0.15, 0.2) is 0 Å². The van der Waals surface area contributed by atoms with Crippen LogP contribution in [0.2, 0.25) is 0 Å². The van der Waals surface area contributed by atoms with E-state index in [2.05, 4.69) is 62.4 Å². The molecule has 3 aromatic rings. The van der Waals surface area contributed by atoms with E-state index in [1.54, 1.807) is 0 Å². The second-order valence-corrected chi connectivity index (χ2v) is 8.01. The lowest BCUT2D eigenvalue weighted by atomic mass is 9.98. The Labute approximate surface area is 180 Å². The van der Waals surface area contributed by atoms with Crippen molar-refractivity contribution in [3.05, 3.63) is 106 Å². The van der Waals surface area contributed by atoms with Crippen LogP contribution < -0.4 is 5.73 Å². The maximum Gasteiger partial charge on any atom is 0.254 e. The maximum absolute atomic E-state index is 13.5. The van der Waals surface area contributed by atoms with Gasteiger partial charge in [-0.15, -0.1) is 0 Å². The second-order valence-electron chi connectivity index (χ2n) is 8.01. The van der Waals surface area contributed by atoms with Gasteiger partial charge in [-0.1, -0.05) is 77.9 Å². The van der Waals surface area contributed by atoms with Crippen LogP contribution in [0.4, 0.5) is 0 Å². The van der Waals surface area contributed by atoms with Crippen molar-refractivity contribution in [1.29, 1.82) is 0 Å². The normalized spacial score (nSPS) is 10.8. The Hall–Kier alpha value is -2.91. The molecule has 0 atom stereocenters. The minimum Gasteiger partial charge on any atom is -0.334 e. The second kappa shape index (κ2) is 10.7. The van der Waals surface area contributed by atoms with Gasteiger partial charge < -0.3 is 10.6 Å². The van der Waals surface area contributed by atoms with Crippen molar-refractivity contribution in [2.24, 2.45) is 5.73 Å². The third-order valence-corrected chi connectivity index (χ3v) is 5.35. The van der Waals surface area contributed by atoms with Gasteiger partial charge in [-0.05, 0) is 62.4 Å². The van der Waals surface area contributed by atoms with Crippen molar-refractivity contribution >= 4 is 5.91 Å². The Morgan fingerprint density at radius 3 is 2.20 bits per heavy atom. The Morgan fingerprint density at radius 2 is 1.50 bits per heavy atom. The van der Waals surface area contributed by atoms with E-state index in [9.17, 15) is 4.79 Å². The molecule has 0 saturated carbocycles. The number of hydrogen-bond donors (Lipinski definition) is 1. The number of nitrogens with zero attached hydrogens (tertiary/aromatic N) is 1. The van der Waals surface area contributed by atoms with E-state index in [1.807, 2.05) is 29.2 Å². The molecule has 2 N–H and O–H groups in total. The summed E-state index contributed by atoms with van der Waals surface area (Å²) in [6, 6.07) is 24.9. The molecule has 3 heteroatoms. The summed E-state index contributed by atoms with van der Waals surface area (Å²) in [5.41, 5.74) is 12.6. The minimum absolute atomic E-state index is 0.0891. The molecule has 0 radical (unpaired) electrons. The van der Waals surface area contributed by atoms with Gasteiger partial charge in [0.25, 0.3) is 5.91 Å². The van der Waals surface area contributed by atoms with E-state index in [0.717, 1.165) is 30.4 Å². The van der Waals surface area contributed by atoms with Gasteiger partial charge in [0, 0.05) is 18.7 Å². The number of hydrogen-bond acceptors (Lipinski definition) is 2. The molecule has 30 heavy (non-hydrogen) atoms. The number of nitrogens with two attached hydrogens (primary N) is 1. The molecule has 0 fully saturated rings. The smallest absolute Gasteiger partial charge is 0.254 e. The molecule has 0 aliphatic rings. The third kappa shape index (κ3) is 6.04. The average molecular weight is 401 g/mol. The maximum atomic E-state index is 13.5.